The number of amides is 1. The second-order valence-corrected chi connectivity index (χ2v) is 4.67. The van der Waals surface area contributed by atoms with Gasteiger partial charge in [-0.25, -0.2) is 8.78 Å². The number of benzene rings is 1. The smallest absolute Gasteiger partial charge is 0.261 e. The van der Waals surface area contributed by atoms with Gasteiger partial charge in [0.25, 0.3) is 6.43 Å². The van der Waals surface area contributed by atoms with Crippen molar-refractivity contribution in [3.8, 4) is 0 Å². The van der Waals surface area contributed by atoms with Gasteiger partial charge in [0, 0.05) is 5.56 Å². The molecule has 0 heterocycles. The minimum atomic E-state index is -2.54. The molecule has 1 aromatic rings. The molecule has 0 bridgehead atoms. The van der Waals surface area contributed by atoms with Gasteiger partial charge in [-0.3, -0.25) is 4.79 Å². The third-order valence-electron chi connectivity index (χ3n) is 2.24. The van der Waals surface area contributed by atoms with Crippen LogP contribution in [0.25, 0.3) is 0 Å². The number of nitrogens with two attached hydrogens (primary N) is 1. The van der Waals surface area contributed by atoms with Crippen LogP contribution in [0.4, 0.5) is 14.5 Å². The van der Waals surface area contributed by atoms with Crippen molar-refractivity contribution in [2.24, 2.45) is 5.73 Å². The Morgan fingerprint density at radius 1 is 1.50 bits per heavy atom. The monoisotopic (exact) mass is 322 g/mol. The maximum Gasteiger partial charge on any atom is 0.261 e. The van der Waals surface area contributed by atoms with Gasteiger partial charge in [-0.05, 0) is 18.2 Å². The summed E-state index contributed by atoms with van der Waals surface area (Å²) in [6, 6.07) is 4.72. The SMILES string of the molecule is NC(=S)c1ccc(NC(=O)CCOCC(F)F)c(Cl)c1. The summed E-state index contributed by atoms with van der Waals surface area (Å²) in [6.45, 7) is -0.768. The van der Waals surface area contributed by atoms with Crippen molar-refractivity contribution < 1.29 is 18.3 Å². The first-order valence-corrected chi connectivity index (χ1v) is 6.44. The van der Waals surface area contributed by atoms with Gasteiger partial charge in [0.15, 0.2) is 0 Å². The molecule has 0 radical (unpaired) electrons. The largest absolute Gasteiger partial charge is 0.389 e. The van der Waals surface area contributed by atoms with Crippen LogP contribution in [0.2, 0.25) is 5.02 Å². The average Bonchev–Trinajstić information content (AvgIpc) is 2.36. The highest BCUT2D eigenvalue weighted by molar-refractivity contribution is 7.80. The van der Waals surface area contributed by atoms with Crippen LogP contribution in [0.1, 0.15) is 12.0 Å². The normalized spacial score (nSPS) is 10.6. The third kappa shape index (κ3) is 5.77. The molecule has 0 spiro atoms. The topological polar surface area (TPSA) is 64.3 Å². The molecule has 0 fully saturated rings. The summed E-state index contributed by atoms with van der Waals surface area (Å²) in [4.78, 5) is 11.7. The van der Waals surface area contributed by atoms with Crippen LogP contribution < -0.4 is 11.1 Å². The van der Waals surface area contributed by atoms with Crippen LogP contribution in [0, 0.1) is 0 Å². The summed E-state index contributed by atoms with van der Waals surface area (Å²) < 4.78 is 28.2. The van der Waals surface area contributed by atoms with Gasteiger partial charge in [-0.1, -0.05) is 23.8 Å². The number of rotatable bonds is 7. The van der Waals surface area contributed by atoms with E-state index in [4.69, 9.17) is 29.6 Å². The van der Waals surface area contributed by atoms with Crippen molar-refractivity contribution in [3.63, 3.8) is 0 Å². The molecule has 0 aliphatic rings. The van der Waals surface area contributed by atoms with Crippen LogP contribution in [-0.2, 0) is 9.53 Å². The van der Waals surface area contributed by atoms with Crippen molar-refractivity contribution in [2.45, 2.75) is 12.8 Å². The number of halogens is 3. The molecule has 4 nitrogen and oxygen atoms in total. The van der Waals surface area contributed by atoms with E-state index >= 15 is 0 Å². The molecule has 0 saturated carbocycles. The molecule has 8 heteroatoms. The first-order chi connectivity index (χ1) is 9.40. The lowest BCUT2D eigenvalue weighted by Crippen LogP contribution is -2.16. The molecule has 0 aliphatic heterocycles. The van der Waals surface area contributed by atoms with Crippen LogP contribution in [0.5, 0.6) is 0 Å². The van der Waals surface area contributed by atoms with E-state index in [1.807, 2.05) is 0 Å². The first kappa shape index (κ1) is 16.7. The van der Waals surface area contributed by atoms with Gasteiger partial charge in [0.1, 0.15) is 11.6 Å². The molecule has 0 atom stereocenters. The molecule has 0 saturated heterocycles. The predicted molar refractivity (Wildman–Crippen MR) is 77.4 cm³/mol. The molecular formula is C12H13ClF2N2O2S. The molecule has 3 N–H and O–H groups in total. The Morgan fingerprint density at radius 2 is 2.20 bits per heavy atom. The van der Waals surface area contributed by atoms with Gasteiger partial charge in [0.2, 0.25) is 5.91 Å². The predicted octanol–water partition coefficient (Wildman–Crippen LogP) is 2.58. The maximum absolute atomic E-state index is 11.8. The summed E-state index contributed by atoms with van der Waals surface area (Å²) >= 11 is 10.8. The zero-order valence-corrected chi connectivity index (χ0v) is 11.9. The van der Waals surface area contributed by atoms with E-state index in [1.54, 1.807) is 12.1 Å². The first-order valence-electron chi connectivity index (χ1n) is 5.65. The Labute approximate surface area is 125 Å². The number of thiocarbonyl (C=S) groups is 1. The highest BCUT2D eigenvalue weighted by Gasteiger charge is 2.08. The minimum absolute atomic E-state index is 0.0416. The fourth-order valence-corrected chi connectivity index (χ4v) is 1.67. The summed E-state index contributed by atoms with van der Waals surface area (Å²) in [6.07, 6.45) is -2.58. The van der Waals surface area contributed by atoms with Crippen LogP contribution in [-0.4, -0.2) is 30.5 Å². The third-order valence-corrected chi connectivity index (χ3v) is 2.79. The minimum Gasteiger partial charge on any atom is -0.389 e. The number of alkyl halides is 2. The molecule has 1 aromatic carbocycles. The molecule has 0 unspecified atom stereocenters. The van der Waals surface area contributed by atoms with Gasteiger partial charge >= 0.3 is 0 Å². The van der Waals surface area contributed by atoms with Crippen molar-refractivity contribution in [1.29, 1.82) is 0 Å². The Balaban J connectivity index is 2.48. The van der Waals surface area contributed by atoms with Crippen LogP contribution >= 0.6 is 23.8 Å². The van der Waals surface area contributed by atoms with Gasteiger partial charge in [-0.15, -0.1) is 0 Å². The quantitative estimate of drug-likeness (QED) is 0.598. The standard InChI is InChI=1S/C12H13ClF2N2O2S/c13-8-5-7(12(16)20)1-2-9(8)17-11(18)3-4-19-6-10(14)15/h1-2,5,10H,3-4,6H2,(H2,16,20)(H,17,18). The number of ether oxygens (including phenoxy) is 1. The summed E-state index contributed by atoms with van der Waals surface area (Å²) in [5.74, 6) is -0.385. The maximum atomic E-state index is 11.8. The van der Waals surface area contributed by atoms with Crippen LogP contribution in [0.3, 0.4) is 0 Å². The van der Waals surface area contributed by atoms with Gasteiger partial charge < -0.3 is 15.8 Å². The number of hydrogen-bond acceptors (Lipinski definition) is 3. The Morgan fingerprint density at radius 3 is 2.75 bits per heavy atom. The van der Waals surface area contributed by atoms with E-state index < -0.39 is 13.0 Å². The summed E-state index contributed by atoms with van der Waals surface area (Å²) in [7, 11) is 0. The molecular weight excluding hydrogens is 310 g/mol. The number of hydrogen-bond donors (Lipinski definition) is 2. The van der Waals surface area contributed by atoms with Crippen LogP contribution in [0.15, 0.2) is 18.2 Å². The zero-order valence-electron chi connectivity index (χ0n) is 10.4. The zero-order chi connectivity index (χ0) is 15.1. The fraction of sp³-hybridized carbons (Fsp3) is 0.333. The number of carbonyl (C=O) groups excluding carboxylic acids is 1. The number of carbonyl (C=O) groups is 1. The van der Waals surface area contributed by atoms with Crippen molar-refractivity contribution in [1.82, 2.24) is 0 Å². The number of nitrogens with one attached hydrogen (secondary N) is 1. The lowest BCUT2D eigenvalue weighted by molar-refractivity contribution is -0.117. The lowest BCUT2D eigenvalue weighted by Gasteiger charge is -2.09. The second kappa shape index (κ2) is 8.08. The molecule has 110 valence electrons. The van der Waals surface area contributed by atoms with Crippen molar-refractivity contribution in [2.75, 3.05) is 18.5 Å². The molecule has 20 heavy (non-hydrogen) atoms. The number of anilines is 1. The Kier molecular flexibility index (Phi) is 6.77. The lowest BCUT2D eigenvalue weighted by atomic mass is 10.2. The van der Waals surface area contributed by atoms with E-state index in [2.05, 4.69) is 10.1 Å². The fourth-order valence-electron chi connectivity index (χ4n) is 1.32. The molecule has 0 aromatic heterocycles. The van der Waals surface area contributed by atoms with Gasteiger partial charge in [-0.2, -0.15) is 0 Å². The molecule has 0 aliphatic carbocycles. The second-order valence-electron chi connectivity index (χ2n) is 3.82. The van der Waals surface area contributed by atoms with Crippen molar-refractivity contribution >= 4 is 40.4 Å². The summed E-state index contributed by atoms with van der Waals surface area (Å²) in [5.41, 5.74) is 6.43. The highest BCUT2D eigenvalue weighted by atomic mass is 35.5. The summed E-state index contributed by atoms with van der Waals surface area (Å²) in [5, 5.41) is 2.83. The highest BCUT2D eigenvalue weighted by Crippen LogP contribution is 2.23. The van der Waals surface area contributed by atoms with E-state index in [1.165, 1.54) is 6.07 Å². The van der Waals surface area contributed by atoms with E-state index in [0.717, 1.165) is 0 Å². The average molecular weight is 323 g/mol. The van der Waals surface area contributed by atoms with E-state index in [9.17, 15) is 13.6 Å². The molecule has 1 amide bonds. The van der Waals surface area contributed by atoms with Crippen molar-refractivity contribution in [3.05, 3.63) is 28.8 Å². The molecule has 1 rings (SSSR count). The Hall–Kier alpha value is -1.31. The van der Waals surface area contributed by atoms with E-state index in [-0.39, 0.29) is 28.9 Å². The van der Waals surface area contributed by atoms with E-state index in [0.29, 0.717) is 11.3 Å². The van der Waals surface area contributed by atoms with Gasteiger partial charge in [0.05, 0.1) is 23.7 Å². The Bertz CT molecular complexity index is 500.